The fraction of sp³-hybridized carbons (Fsp3) is 0.455. The van der Waals surface area contributed by atoms with Gasteiger partial charge >= 0.3 is 0 Å². The molecule has 2 aromatic rings. The summed E-state index contributed by atoms with van der Waals surface area (Å²) in [6.07, 6.45) is 1.61. The van der Waals surface area contributed by atoms with Crippen molar-refractivity contribution in [2.24, 2.45) is 0 Å². The highest BCUT2D eigenvalue weighted by Gasteiger charge is 2.32. The van der Waals surface area contributed by atoms with E-state index < -0.39 is 26.7 Å². The average Bonchev–Trinajstić information content (AvgIpc) is 2.76. The minimum atomic E-state index is -3.50. The van der Waals surface area contributed by atoms with Gasteiger partial charge in [0.25, 0.3) is 0 Å². The molecule has 1 aliphatic rings. The Labute approximate surface area is 177 Å². The predicted octanol–water partition coefficient (Wildman–Crippen LogP) is 1.93. The third-order valence-electron chi connectivity index (χ3n) is 5.72. The molecule has 3 rings (SSSR count). The van der Waals surface area contributed by atoms with Crippen molar-refractivity contribution in [1.29, 1.82) is 0 Å². The summed E-state index contributed by atoms with van der Waals surface area (Å²) in [5.41, 5.74) is 1.01. The van der Waals surface area contributed by atoms with Crippen LogP contribution in [0.2, 0.25) is 0 Å². The highest BCUT2D eigenvalue weighted by Crippen LogP contribution is 2.29. The van der Waals surface area contributed by atoms with Crippen molar-refractivity contribution in [2.75, 3.05) is 33.0 Å². The molecular weight excluding hydrogens is 404 g/mol. The first-order chi connectivity index (χ1) is 14.4. The van der Waals surface area contributed by atoms with Crippen LogP contribution in [-0.2, 0) is 25.8 Å². The topological polar surface area (TPSA) is 92.8 Å². The lowest BCUT2D eigenvalue weighted by molar-refractivity contribution is -0.132. The number of hydrogen-bond acceptors (Lipinski definition) is 5. The molecule has 0 radical (unpaired) electrons. The molecule has 0 bridgehead atoms. The van der Waals surface area contributed by atoms with E-state index in [0.717, 1.165) is 22.1 Å². The van der Waals surface area contributed by atoms with Crippen molar-refractivity contribution >= 4 is 32.4 Å². The lowest BCUT2D eigenvalue weighted by Gasteiger charge is -2.31. The van der Waals surface area contributed by atoms with Crippen molar-refractivity contribution in [1.82, 2.24) is 10.2 Å². The molecule has 30 heavy (non-hydrogen) atoms. The van der Waals surface area contributed by atoms with E-state index >= 15 is 0 Å². The van der Waals surface area contributed by atoms with Crippen molar-refractivity contribution < 1.29 is 22.7 Å². The van der Waals surface area contributed by atoms with Gasteiger partial charge in [0, 0.05) is 32.1 Å². The molecule has 162 valence electrons. The number of piperidine rings is 1. The summed E-state index contributed by atoms with van der Waals surface area (Å²) >= 11 is 0. The van der Waals surface area contributed by atoms with E-state index in [0.29, 0.717) is 38.8 Å². The third kappa shape index (κ3) is 4.92. The van der Waals surface area contributed by atoms with Crippen LogP contribution in [0.1, 0.15) is 24.8 Å². The van der Waals surface area contributed by atoms with Gasteiger partial charge in [-0.3, -0.25) is 9.59 Å². The van der Waals surface area contributed by atoms with Gasteiger partial charge < -0.3 is 15.0 Å². The molecule has 1 heterocycles. The molecule has 1 fully saturated rings. The number of carbonyl (C=O) groups is 2. The zero-order valence-electron chi connectivity index (χ0n) is 17.4. The Bertz CT molecular complexity index is 1030. The van der Waals surface area contributed by atoms with Crippen LogP contribution in [0.3, 0.4) is 0 Å². The molecule has 0 aliphatic carbocycles. The maximum absolute atomic E-state index is 12.8. The average molecular weight is 433 g/mol. The number of nitrogens with zero attached hydrogens (tertiary/aromatic N) is 1. The fourth-order valence-electron chi connectivity index (χ4n) is 3.99. The Kier molecular flexibility index (Phi) is 6.97. The Morgan fingerprint density at radius 3 is 2.50 bits per heavy atom. The number of ether oxygens (including phenoxy) is 1. The van der Waals surface area contributed by atoms with Gasteiger partial charge in [0.15, 0.2) is 9.84 Å². The van der Waals surface area contributed by atoms with Crippen molar-refractivity contribution in [3.05, 3.63) is 42.0 Å². The molecule has 1 N–H and O–H groups in total. The minimum Gasteiger partial charge on any atom is -0.496 e. The number of fused-ring (bicyclic) bond motifs is 1. The van der Waals surface area contributed by atoms with E-state index in [9.17, 15) is 18.0 Å². The molecule has 0 saturated carbocycles. The van der Waals surface area contributed by atoms with Crippen molar-refractivity contribution in [3.8, 4) is 5.75 Å². The van der Waals surface area contributed by atoms with E-state index in [1.807, 2.05) is 36.4 Å². The molecule has 7 nitrogen and oxygen atoms in total. The smallest absolute Gasteiger partial charge is 0.234 e. The number of methoxy groups -OCH3 is 1. The molecule has 2 aromatic carbocycles. The second-order valence-corrected chi connectivity index (χ2v) is 9.81. The summed E-state index contributed by atoms with van der Waals surface area (Å²) < 4.78 is 30.2. The number of benzene rings is 2. The lowest BCUT2D eigenvalue weighted by Crippen LogP contribution is -2.44. The summed E-state index contributed by atoms with van der Waals surface area (Å²) in [5, 5.41) is 3.95. The number of rotatable bonds is 7. The second-order valence-electron chi connectivity index (χ2n) is 7.53. The largest absolute Gasteiger partial charge is 0.496 e. The number of hydrogen-bond donors (Lipinski definition) is 1. The number of carbonyl (C=O) groups excluding carboxylic acids is 2. The standard InChI is InChI=1S/C22H28N2O5S/c1-23-21(25)15-30(27,28)17-11-13-24(14-12-17)22(26)10-8-19-18-6-4-3-5-16(18)7-9-20(19)29-2/h3-7,9,17H,8,10-15H2,1-2H3,(H,23,25). The van der Waals surface area contributed by atoms with Crippen LogP contribution in [-0.4, -0.2) is 63.4 Å². The number of aryl methyl sites for hydroxylation is 1. The summed E-state index contributed by atoms with van der Waals surface area (Å²) in [5.74, 6) is -0.228. The number of likely N-dealkylation sites (tertiary alicyclic amines) is 1. The quantitative estimate of drug-likeness (QED) is 0.722. The van der Waals surface area contributed by atoms with E-state index in [4.69, 9.17) is 4.74 Å². The Balaban J connectivity index is 1.61. The van der Waals surface area contributed by atoms with Gasteiger partial charge in [0.05, 0.1) is 12.4 Å². The molecule has 8 heteroatoms. The zero-order chi connectivity index (χ0) is 21.7. The van der Waals surface area contributed by atoms with Crippen LogP contribution in [0.25, 0.3) is 10.8 Å². The number of sulfone groups is 1. The van der Waals surface area contributed by atoms with E-state index in [-0.39, 0.29) is 5.91 Å². The number of nitrogens with one attached hydrogen (secondary N) is 1. The first kappa shape index (κ1) is 22.1. The first-order valence-electron chi connectivity index (χ1n) is 10.1. The Morgan fingerprint density at radius 1 is 1.13 bits per heavy atom. The van der Waals surface area contributed by atoms with Gasteiger partial charge in [0.1, 0.15) is 11.5 Å². The van der Waals surface area contributed by atoms with Gasteiger partial charge in [-0.25, -0.2) is 8.42 Å². The normalized spacial score (nSPS) is 15.2. The molecular formula is C22H28N2O5S. The van der Waals surface area contributed by atoms with Crippen LogP contribution in [0.5, 0.6) is 5.75 Å². The van der Waals surface area contributed by atoms with Gasteiger partial charge in [-0.15, -0.1) is 0 Å². The highest BCUT2D eigenvalue weighted by molar-refractivity contribution is 7.92. The van der Waals surface area contributed by atoms with E-state index in [1.165, 1.54) is 7.05 Å². The molecule has 0 aromatic heterocycles. The lowest BCUT2D eigenvalue weighted by atomic mass is 9.99. The Hall–Kier alpha value is -2.61. The van der Waals surface area contributed by atoms with E-state index in [2.05, 4.69) is 5.32 Å². The van der Waals surface area contributed by atoms with Gasteiger partial charge in [-0.2, -0.15) is 0 Å². The second kappa shape index (κ2) is 9.47. The van der Waals surface area contributed by atoms with Crippen molar-refractivity contribution in [3.63, 3.8) is 0 Å². The summed E-state index contributed by atoms with van der Waals surface area (Å²) in [7, 11) is -0.454. The van der Waals surface area contributed by atoms with Crippen LogP contribution in [0.4, 0.5) is 0 Å². The number of amides is 2. The predicted molar refractivity (Wildman–Crippen MR) is 116 cm³/mol. The maximum atomic E-state index is 12.8. The SMILES string of the molecule is CNC(=O)CS(=O)(=O)C1CCN(C(=O)CCc2c(OC)ccc3ccccc23)CC1. The Morgan fingerprint density at radius 2 is 1.83 bits per heavy atom. The molecule has 2 amide bonds. The summed E-state index contributed by atoms with van der Waals surface area (Å²) in [4.78, 5) is 25.9. The molecule has 0 unspecified atom stereocenters. The summed E-state index contributed by atoms with van der Waals surface area (Å²) in [6, 6.07) is 11.9. The van der Waals surface area contributed by atoms with Crippen LogP contribution in [0, 0.1) is 0 Å². The van der Waals surface area contributed by atoms with Gasteiger partial charge in [-0.05, 0) is 36.1 Å². The monoisotopic (exact) mass is 432 g/mol. The van der Waals surface area contributed by atoms with E-state index in [1.54, 1.807) is 12.0 Å². The summed E-state index contributed by atoms with van der Waals surface area (Å²) in [6.45, 7) is 0.784. The third-order valence-corrected chi connectivity index (χ3v) is 7.87. The molecule has 0 atom stereocenters. The maximum Gasteiger partial charge on any atom is 0.234 e. The first-order valence-corrected chi connectivity index (χ1v) is 11.8. The molecule has 0 spiro atoms. The molecule has 1 saturated heterocycles. The minimum absolute atomic E-state index is 0.00661. The molecule has 1 aliphatic heterocycles. The van der Waals surface area contributed by atoms with Crippen LogP contribution in [0.15, 0.2) is 36.4 Å². The fourth-order valence-corrected chi connectivity index (χ4v) is 5.67. The van der Waals surface area contributed by atoms with Gasteiger partial charge in [-0.1, -0.05) is 30.3 Å². The highest BCUT2D eigenvalue weighted by atomic mass is 32.2. The zero-order valence-corrected chi connectivity index (χ0v) is 18.2. The van der Waals surface area contributed by atoms with Crippen LogP contribution >= 0.6 is 0 Å². The van der Waals surface area contributed by atoms with Gasteiger partial charge in [0.2, 0.25) is 11.8 Å². The van der Waals surface area contributed by atoms with Crippen LogP contribution < -0.4 is 10.1 Å². The van der Waals surface area contributed by atoms with Crippen molar-refractivity contribution in [2.45, 2.75) is 30.9 Å².